The molecular weight excluding hydrogens is 327 g/mol. The van der Waals surface area contributed by atoms with Crippen LogP contribution in [-0.2, 0) is 16.8 Å². The molecule has 0 spiro atoms. The van der Waals surface area contributed by atoms with Crippen LogP contribution in [0.15, 0.2) is 46.2 Å². The van der Waals surface area contributed by atoms with E-state index in [0.717, 1.165) is 5.92 Å². The minimum Gasteiger partial charge on any atom is -0.0771 e. The van der Waals surface area contributed by atoms with E-state index in [2.05, 4.69) is 19.6 Å². The molecule has 2 fully saturated rings. The summed E-state index contributed by atoms with van der Waals surface area (Å²) in [5, 5.41) is 1.94. The molecule has 4 rings (SSSR count). The topological polar surface area (TPSA) is 0 Å². The average Bonchev–Trinajstić information content (AvgIpc) is 2.96. The fourth-order valence-corrected chi connectivity index (χ4v) is 6.20. The van der Waals surface area contributed by atoms with Crippen LogP contribution in [0, 0.1) is 12.3 Å². The standard InChI is InChI=1S/C15H24Si.C5H5.Co/c1-16(2,3)15-10-11-8-9-12(11)13-6-4-5-7-14(13)15;1-2-4-5-3-1;/h11H,4-10H2,1-3H3;1-5H;/t11-;;/m1../s1. The molecule has 0 N–H and O–H groups in total. The predicted molar refractivity (Wildman–Crippen MR) is 95.8 cm³/mol. The summed E-state index contributed by atoms with van der Waals surface area (Å²) in [6.45, 7) is 7.64. The van der Waals surface area contributed by atoms with Crippen molar-refractivity contribution in [3.63, 3.8) is 0 Å². The summed E-state index contributed by atoms with van der Waals surface area (Å²) in [7, 11) is -1.06. The van der Waals surface area contributed by atoms with E-state index >= 15 is 0 Å². The maximum atomic E-state index is 2.55. The number of fused-ring (bicyclic) bond motifs is 2. The van der Waals surface area contributed by atoms with Crippen LogP contribution >= 0.6 is 0 Å². The summed E-state index contributed by atoms with van der Waals surface area (Å²) < 4.78 is 0. The Bertz CT molecular complexity index is 518. The molecule has 1 atom stereocenters. The zero-order valence-electron chi connectivity index (χ0n) is 14.2. The van der Waals surface area contributed by atoms with E-state index in [9.17, 15) is 0 Å². The second-order valence-electron chi connectivity index (χ2n) is 7.82. The van der Waals surface area contributed by atoms with Gasteiger partial charge in [-0.05, 0) is 62.0 Å². The second kappa shape index (κ2) is 7.50. The summed E-state index contributed by atoms with van der Waals surface area (Å²) >= 11 is 0. The third-order valence-electron chi connectivity index (χ3n) is 5.39. The molecule has 0 aromatic rings. The Labute approximate surface area is 148 Å². The molecule has 4 aliphatic carbocycles. The Hall–Kier alpha value is -0.317. The van der Waals surface area contributed by atoms with Crippen LogP contribution in [0.2, 0.25) is 19.6 Å². The molecule has 0 unspecified atom stereocenters. The average molecular weight is 356 g/mol. The van der Waals surface area contributed by atoms with Gasteiger partial charge in [0.25, 0.3) is 0 Å². The fourth-order valence-electron chi connectivity index (χ4n) is 4.16. The molecule has 122 valence electrons. The van der Waals surface area contributed by atoms with Gasteiger partial charge in [0, 0.05) is 23.2 Å². The Balaban J connectivity index is 0.000000253. The summed E-state index contributed by atoms with van der Waals surface area (Å²) in [6.07, 6.45) is 20.1. The Kier molecular flexibility index (Phi) is 6.15. The van der Waals surface area contributed by atoms with Crippen LogP contribution in [-0.4, -0.2) is 8.07 Å². The first-order chi connectivity index (χ1) is 10.1. The Morgan fingerprint density at radius 2 is 1.50 bits per heavy atom. The maximum absolute atomic E-state index is 2.55. The van der Waals surface area contributed by atoms with Crippen molar-refractivity contribution in [2.24, 2.45) is 5.92 Å². The van der Waals surface area contributed by atoms with Gasteiger partial charge in [0.05, 0.1) is 8.07 Å². The minimum atomic E-state index is -1.06. The van der Waals surface area contributed by atoms with Gasteiger partial charge in [0.2, 0.25) is 0 Å². The van der Waals surface area contributed by atoms with Gasteiger partial charge in [-0.25, -0.2) is 0 Å². The predicted octanol–water partition coefficient (Wildman–Crippen LogP) is 6.16. The number of hydrogen-bond acceptors (Lipinski definition) is 0. The number of hydrogen-bond donors (Lipinski definition) is 0. The van der Waals surface area contributed by atoms with Crippen LogP contribution in [0.5, 0.6) is 0 Å². The second-order valence-corrected chi connectivity index (χ2v) is 12.9. The van der Waals surface area contributed by atoms with Crippen molar-refractivity contribution < 1.29 is 16.8 Å². The molecule has 0 aromatic heterocycles. The van der Waals surface area contributed by atoms with Crippen molar-refractivity contribution in [3.8, 4) is 0 Å². The molecule has 2 heteroatoms. The number of allylic oxidation sites excluding steroid dienone is 8. The van der Waals surface area contributed by atoms with Crippen molar-refractivity contribution in [2.75, 3.05) is 0 Å². The molecule has 2 saturated carbocycles. The van der Waals surface area contributed by atoms with E-state index in [1.165, 1.54) is 44.9 Å². The van der Waals surface area contributed by atoms with Crippen LogP contribution in [0.4, 0.5) is 0 Å². The molecule has 0 heterocycles. The molecule has 0 nitrogen and oxygen atoms in total. The molecule has 0 amide bonds. The van der Waals surface area contributed by atoms with E-state index in [0.29, 0.717) is 0 Å². The van der Waals surface area contributed by atoms with Gasteiger partial charge >= 0.3 is 0 Å². The molecule has 22 heavy (non-hydrogen) atoms. The van der Waals surface area contributed by atoms with Crippen molar-refractivity contribution in [1.29, 1.82) is 0 Å². The van der Waals surface area contributed by atoms with Crippen molar-refractivity contribution in [3.05, 3.63) is 52.6 Å². The summed E-state index contributed by atoms with van der Waals surface area (Å²) in [6, 6.07) is 0. The zero-order valence-corrected chi connectivity index (χ0v) is 16.3. The molecule has 0 aromatic carbocycles. The molecule has 2 radical (unpaired) electrons. The monoisotopic (exact) mass is 356 g/mol. The smallest absolute Gasteiger partial charge is 0.0728 e. The largest absolute Gasteiger partial charge is 0.0771 e. The van der Waals surface area contributed by atoms with Gasteiger partial charge in [0.1, 0.15) is 0 Å². The summed E-state index contributed by atoms with van der Waals surface area (Å²) in [5.74, 6) is 0.985. The minimum absolute atomic E-state index is 0. The fraction of sp³-hybridized carbons (Fsp3) is 0.550. The van der Waals surface area contributed by atoms with E-state index in [1.54, 1.807) is 0 Å². The van der Waals surface area contributed by atoms with Gasteiger partial charge in [0.15, 0.2) is 0 Å². The molecule has 0 bridgehead atoms. The van der Waals surface area contributed by atoms with Gasteiger partial charge < -0.3 is 0 Å². The summed E-state index contributed by atoms with van der Waals surface area (Å²) in [5.41, 5.74) is 5.60. The van der Waals surface area contributed by atoms with Crippen molar-refractivity contribution in [1.82, 2.24) is 0 Å². The third-order valence-corrected chi connectivity index (χ3v) is 7.70. The van der Waals surface area contributed by atoms with Crippen LogP contribution in [0.3, 0.4) is 0 Å². The third kappa shape index (κ3) is 3.77. The van der Waals surface area contributed by atoms with Gasteiger partial charge in [-0.15, -0.1) is 0 Å². The maximum Gasteiger partial charge on any atom is 0.0728 e. The molecular formula is C20H29CoSi. The van der Waals surface area contributed by atoms with Crippen molar-refractivity contribution in [2.45, 2.75) is 64.6 Å². The van der Waals surface area contributed by atoms with E-state index in [1.807, 2.05) is 52.6 Å². The molecule has 0 aliphatic heterocycles. The zero-order chi connectivity index (χ0) is 14.9. The first kappa shape index (κ1) is 18.0. The normalized spacial score (nSPS) is 25.7. The van der Waals surface area contributed by atoms with Gasteiger partial charge in [-0.3, -0.25) is 0 Å². The number of rotatable bonds is 1. The van der Waals surface area contributed by atoms with E-state index in [4.69, 9.17) is 0 Å². The quantitative estimate of drug-likeness (QED) is 0.494. The van der Waals surface area contributed by atoms with Crippen LogP contribution < -0.4 is 0 Å². The molecule has 4 aliphatic rings. The Morgan fingerprint density at radius 3 is 1.95 bits per heavy atom. The molecule has 0 saturated heterocycles. The van der Waals surface area contributed by atoms with Crippen LogP contribution in [0.25, 0.3) is 0 Å². The van der Waals surface area contributed by atoms with E-state index in [-0.39, 0.29) is 16.8 Å². The first-order valence-electron chi connectivity index (χ1n) is 8.69. The van der Waals surface area contributed by atoms with Crippen molar-refractivity contribution >= 4 is 8.07 Å². The van der Waals surface area contributed by atoms with Crippen LogP contribution in [0.1, 0.15) is 44.9 Å². The summed E-state index contributed by atoms with van der Waals surface area (Å²) in [4.78, 5) is 0. The first-order valence-corrected chi connectivity index (χ1v) is 12.2. The Morgan fingerprint density at radius 1 is 0.864 bits per heavy atom. The SMILES string of the molecule is C[Si](C)(C)C1=C2CCCCC2=C2CC[C@@H]2C1.[CH]1C=CC=C1.[Co]. The van der Waals surface area contributed by atoms with Gasteiger partial charge in [-0.1, -0.05) is 54.7 Å². The van der Waals surface area contributed by atoms with Gasteiger partial charge in [-0.2, -0.15) is 0 Å². The van der Waals surface area contributed by atoms with E-state index < -0.39 is 8.07 Å².